The molecule has 0 aliphatic heterocycles. The van der Waals surface area contributed by atoms with E-state index >= 15 is 0 Å². The molecule has 0 aliphatic carbocycles. The molecule has 0 saturated heterocycles. The number of nitrogens with one attached hydrogen (secondary N) is 1. The van der Waals surface area contributed by atoms with Crippen molar-refractivity contribution in [1.82, 2.24) is 19.9 Å². The molecule has 0 radical (unpaired) electrons. The van der Waals surface area contributed by atoms with Gasteiger partial charge in [0.1, 0.15) is 5.75 Å². The molecular weight excluding hydrogens is 270 g/mol. The van der Waals surface area contributed by atoms with Gasteiger partial charge in [-0.15, -0.1) is 0 Å². The quantitative estimate of drug-likeness (QED) is 0.872. The lowest BCUT2D eigenvalue weighted by Gasteiger charge is -2.10. The Kier molecular flexibility index (Phi) is 4.86. The minimum Gasteiger partial charge on any atom is -0.492 e. The van der Waals surface area contributed by atoms with Crippen molar-refractivity contribution in [2.45, 2.75) is 26.9 Å². The monoisotopic (exact) mass is 289 g/mol. The molecule has 0 atom stereocenters. The molecule has 2 aromatic rings. The van der Waals surface area contributed by atoms with E-state index in [9.17, 15) is 0 Å². The minimum absolute atomic E-state index is 0.0159. The van der Waals surface area contributed by atoms with Crippen molar-refractivity contribution in [2.24, 2.45) is 0 Å². The Morgan fingerprint density at radius 2 is 2.00 bits per heavy atom. The maximum absolute atomic E-state index is 5.54. The van der Waals surface area contributed by atoms with Crippen LogP contribution in [0.1, 0.15) is 20.8 Å². The van der Waals surface area contributed by atoms with Crippen molar-refractivity contribution >= 4 is 5.95 Å². The standard InChI is InChI=1S/C14H19N5O2/c1-5-20-11-6-10(7-16-8-11)12-17-13(15-4)19-14(18-12)21-9(2)3/h6-9H,5H2,1-4H3,(H,15,17,18,19). The summed E-state index contributed by atoms with van der Waals surface area (Å²) in [5, 5.41) is 2.90. The molecule has 0 unspecified atom stereocenters. The van der Waals surface area contributed by atoms with Gasteiger partial charge in [0.2, 0.25) is 5.95 Å². The number of nitrogens with zero attached hydrogens (tertiary/aromatic N) is 4. The lowest BCUT2D eigenvalue weighted by Crippen LogP contribution is -2.11. The first-order chi connectivity index (χ1) is 10.1. The number of rotatable bonds is 6. The number of hydrogen-bond donors (Lipinski definition) is 1. The molecule has 21 heavy (non-hydrogen) atoms. The van der Waals surface area contributed by atoms with Crippen molar-refractivity contribution in [3.63, 3.8) is 0 Å². The maximum Gasteiger partial charge on any atom is 0.322 e. The first-order valence-electron chi connectivity index (χ1n) is 6.81. The number of pyridine rings is 1. The second kappa shape index (κ2) is 6.83. The highest BCUT2D eigenvalue weighted by Crippen LogP contribution is 2.22. The highest BCUT2D eigenvalue weighted by molar-refractivity contribution is 5.57. The van der Waals surface area contributed by atoms with Gasteiger partial charge in [-0.3, -0.25) is 4.98 Å². The van der Waals surface area contributed by atoms with Gasteiger partial charge in [-0.1, -0.05) is 0 Å². The fourth-order valence-electron chi connectivity index (χ4n) is 1.65. The van der Waals surface area contributed by atoms with E-state index in [1.54, 1.807) is 19.4 Å². The van der Waals surface area contributed by atoms with Crippen LogP contribution in [0.4, 0.5) is 5.95 Å². The van der Waals surface area contributed by atoms with E-state index in [-0.39, 0.29) is 12.1 Å². The SMILES string of the molecule is CCOc1cncc(-c2nc(NC)nc(OC(C)C)n2)c1. The summed E-state index contributed by atoms with van der Waals surface area (Å²) in [4.78, 5) is 16.9. The molecule has 0 aliphatic rings. The molecule has 0 bridgehead atoms. The van der Waals surface area contributed by atoms with E-state index in [2.05, 4.69) is 25.3 Å². The zero-order valence-corrected chi connectivity index (χ0v) is 12.6. The first kappa shape index (κ1) is 15.0. The van der Waals surface area contributed by atoms with Crippen molar-refractivity contribution < 1.29 is 9.47 Å². The fraction of sp³-hybridized carbons (Fsp3) is 0.429. The maximum atomic E-state index is 5.54. The molecule has 1 N–H and O–H groups in total. The zero-order valence-electron chi connectivity index (χ0n) is 12.6. The van der Waals surface area contributed by atoms with Gasteiger partial charge in [0.15, 0.2) is 5.82 Å². The lowest BCUT2D eigenvalue weighted by atomic mass is 10.2. The number of anilines is 1. The fourth-order valence-corrected chi connectivity index (χ4v) is 1.65. The Balaban J connectivity index is 2.39. The number of aromatic nitrogens is 4. The summed E-state index contributed by atoms with van der Waals surface area (Å²) in [6.07, 6.45) is 3.31. The average Bonchev–Trinajstić information content (AvgIpc) is 2.47. The summed E-state index contributed by atoms with van der Waals surface area (Å²) in [5.74, 6) is 1.60. The number of ether oxygens (including phenoxy) is 2. The molecule has 2 aromatic heterocycles. The molecule has 2 rings (SSSR count). The van der Waals surface area contributed by atoms with Gasteiger partial charge in [0, 0.05) is 18.8 Å². The molecular formula is C14H19N5O2. The van der Waals surface area contributed by atoms with E-state index < -0.39 is 0 Å². The summed E-state index contributed by atoms with van der Waals surface area (Å²) < 4.78 is 11.0. The molecule has 0 aromatic carbocycles. The Labute approximate surface area is 123 Å². The summed E-state index contributed by atoms with van der Waals surface area (Å²) in [5.41, 5.74) is 0.744. The third-order valence-corrected chi connectivity index (χ3v) is 2.46. The van der Waals surface area contributed by atoms with Crippen LogP contribution in [0.15, 0.2) is 18.5 Å². The lowest BCUT2D eigenvalue weighted by molar-refractivity contribution is 0.222. The van der Waals surface area contributed by atoms with Crippen LogP contribution in [-0.2, 0) is 0 Å². The largest absolute Gasteiger partial charge is 0.492 e. The van der Waals surface area contributed by atoms with Crippen LogP contribution in [0, 0.1) is 0 Å². The smallest absolute Gasteiger partial charge is 0.322 e. The van der Waals surface area contributed by atoms with E-state index in [1.807, 2.05) is 26.8 Å². The molecule has 7 nitrogen and oxygen atoms in total. The van der Waals surface area contributed by atoms with Gasteiger partial charge in [0.05, 0.1) is 18.9 Å². The van der Waals surface area contributed by atoms with Gasteiger partial charge in [0.25, 0.3) is 0 Å². The Hall–Kier alpha value is -2.44. The summed E-state index contributed by atoms with van der Waals surface area (Å²) in [7, 11) is 1.74. The topological polar surface area (TPSA) is 82.1 Å². The van der Waals surface area contributed by atoms with Gasteiger partial charge in [-0.25, -0.2) is 0 Å². The van der Waals surface area contributed by atoms with Crippen molar-refractivity contribution in [1.29, 1.82) is 0 Å². The van der Waals surface area contributed by atoms with Crippen LogP contribution in [0.3, 0.4) is 0 Å². The predicted octanol–water partition coefficient (Wildman–Crippen LogP) is 2.16. The minimum atomic E-state index is -0.0159. The van der Waals surface area contributed by atoms with Crippen LogP contribution >= 0.6 is 0 Å². The van der Waals surface area contributed by atoms with Crippen molar-refractivity contribution in [3.8, 4) is 23.1 Å². The first-order valence-corrected chi connectivity index (χ1v) is 6.81. The van der Waals surface area contributed by atoms with Crippen LogP contribution < -0.4 is 14.8 Å². The van der Waals surface area contributed by atoms with E-state index in [4.69, 9.17) is 9.47 Å². The summed E-state index contributed by atoms with van der Waals surface area (Å²) in [6.45, 7) is 6.33. The van der Waals surface area contributed by atoms with Crippen LogP contribution in [0.25, 0.3) is 11.4 Å². The average molecular weight is 289 g/mol. The summed E-state index contributed by atoms with van der Waals surface area (Å²) >= 11 is 0. The molecule has 0 spiro atoms. The molecule has 0 saturated carbocycles. The molecule has 0 fully saturated rings. The zero-order chi connectivity index (χ0) is 15.2. The molecule has 112 valence electrons. The Morgan fingerprint density at radius 3 is 2.67 bits per heavy atom. The second-order valence-electron chi connectivity index (χ2n) is 4.52. The van der Waals surface area contributed by atoms with Crippen LogP contribution in [0.5, 0.6) is 11.8 Å². The van der Waals surface area contributed by atoms with Crippen LogP contribution in [0.2, 0.25) is 0 Å². The number of hydrogen-bond acceptors (Lipinski definition) is 7. The van der Waals surface area contributed by atoms with E-state index in [1.165, 1.54) is 0 Å². The third-order valence-electron chi connectivity index (χ3n) is 2.46. The normalized spacial score (nSPS) is 10.5. The second-order valence-corrected chi connectivity index (χ2v) is 4.52. The Morgan fingerprint density at radius 1 is 1.19 bits per heavy atom. The Bertz CT molecular complexity index is 604. The molecule has 7 heteroatoms. The third kappa shape index (κ3) is 4.01. The van der Waals surface area contributed by atoms with Crippen LogP contribution in [-0.4, -0.2) is 39.7 Å². The predicted molar refractivity (Wildman–Crippen MR) is 79.5 cm³/mol. The van der Waals surface area contributed by atoms with E-state index in [0.717, 1.165) is 5.56 Å². The van der Waals surface area contributed by atoms with Gasteiger partial charge < -0.3 is 14.8 Å². The van der Waals surface area contributed by atoms with Crippen molar-refractivity contribution in [2.75, 3.05) is 19.0 Å². The van der Waals surface area contributed by atoms with Crippen molar-refractivity contribution in [3.05, 3.63) is 18.5 Å². The van der Waals surface area contributed by atoms with Gasteiger partial charge in [-0.2, -0.15) is 15.0 Å². The highest BCUT2D eigenvalue weighted by Gasteiger charge is 2.11. The van der Waals surface area contributed by atoms with Gasteiger partial charge >= 0.3 is 6.01 Å². The summed E-state index contributed by atoms with van der Waals surface area (Å²) in [6, 6.07) is 2.12. The molecule has 0 amide bonds. The van der Waals surface area contributed by atoms with Gasteiger partial charge in [-0.05, 0) is 26.8 Å². The van der Waals surface area contributed by atoms with E-state index in [0.29, 0.717) is 24.1 Å². The highest BCUT2D eigenvalue weighted by atomic mass is 16.5. The molecule has 2 heterocycles.